The van der Waals surface area contributed by atoms with E-state index in [9.17, 15) is 23.9 Å². The van der Waals surface area contributed by atoms with Crippen molar-refractivity contribution in [3.8, 4) is 0 Å². The Morgan fingerprint density at radius 3 is 2.57 bits per heavy atom. The van der Waals surface area contributed by atoms with Gasteiger partial charge in [0.2, 0.25) is 5.91 Å². The summed E-state index contributed by atoms with van der Waals surface area (Å²) in [5.41, 5.74) is -1.74. The van der Waals surface area contributed by atoms with Crippen molar-refractivity contribution >= 4 is 34.3 Å². The molecule has 0 spiro atoms. The van der Waals surface area contributed by atoms with Crippen molar-refractivity contribution < 1.29 is 23.9 Å². The maximum atomic E-state index is 13.1. The van der Waals surface area contributed by atoms with Crippen LogP contribution in [0.4, 0.5) is 14.3 Å². The Morgan fingerprint density at radius 1 is 1.36 bits per heavy atom. The summed E-state index contributed by atoms with van der Waals surface area (Å²) in [6, 6.07) is 4.48. The van der Waals surface area contributed by atoms with Crippen LogP contribution < -0.4 is 10.6 Å². The van der Waals surface area contributed by atoms with Crippen LogP contribution in [0.5, 0.6) is 0 Å². The Labute approximate surface area is 164 Å². The molecule has 0 aliphatic carbocycles. The molecule has 8 nitrogen and oxygen atoms in total. The minimum absolute atomic E-state index is 0.246. The highest BCUT2D eigenvalue weighted by Crippen LogP contribution is 2.29. The lowest BCUT2D eigenvalue weighted by Crippen LogP contribution is -2.42. The molecule has 1 aliphatic heterocycles. The van der Waals surface area contributed by atoms with Gasteiger partial charge in [0.25, 0.3) is 5.91 Å². The number of nitrogens with one attached hydrogen (secondary N) is 2. The molecule has 0 radical (unpaired) electrons. The highest BCUT2D eigenvalue weighted by molar-refractivity contribution is 7.13. The molecular formula is C18H19FN4O4S. The smallest absolute Gasteiger partial charge is 0.325 e. The second-order valence-corrected chi connectivity index (χ2v) is 7.96. The Balaban J connectivity index is 1.71. The van der Waals surface area contributed by atoms with Gasteiger partial charge in [0.05, 0.1) is 5.69 Å². The van der Waals surface area contributed by atoms with Gasteiger partial charge < -0.3 is 15.7 Å². The minimum Gasteiger partial charge on any atom is -0.384 e. The first-order valence-corrected chi connectivity index (χ1v) is 9.27. The summed E-state index contributed by atoms with van der Waals surface area (Å²) in [5.74, 6) is -1.69. The van der Waals surface area contributed by atoms with Gasteiger partial charge in [0, 0.05) is 5.38 Å². The SMILES string of the molecule is CC(C)(O)c1csc(NC(=O)CN2C(=O)NC(C)(c3ccc(F)cc3)C2=O)n1. The maximum Gasteiger partial charge on any atom is 0.325 e. The zero-order chi connectivity index (χ0) is 20.7. The molecule has 2 aromatic rings. The second-order valence-electron chi connectivity index (χ2n) is 7.10. The van der Waals surface area contributed by atoms with Crippen molar-refractivity contribution in [1.82, 2.24) is 15.2 Å². The van der Waals surface area contributed by atoms with Crippen molar-refractivity contribution in [1.29, 1.82) is 0 Å². The highest BCUT2D eigenvalue weighted by atomic mass is 32.1. The molecule has 2 heterocycles. The Bertz CT molecular complexity index is 938. The molecule has 1 atom stereocenters. The Kier molecular flexibility index (Phi) is 4.94. The predicted molar refractivity (Wildman–Crippen MR) is 100.0 cm³/mol. The van der Waals surface area contributed by atoms with Crippen LogP contribution in [0.2, 0.25) is 0 Å². The van der Waals surface area contributed by atoms with Crippen LogP contribution in [0.3, 0.4) is 0 Å². The Morgan fingerprint density at radius 2 is 2.00 bits per heavy atom. The molecule has 28 heavy (non-hydrogen) atoms. The largest absolute Gasteiger partial charge is 0.384 e. The van der Waals surface area contributed by atoms with E-state index in [-0.39, 0.29) is 5.13 Å². The number of rotatable bonds is 5. The molecule has 1 fully saturated rings. The molecule has 1 aromatic heterocycles. The number of halogens is 1. The summed E-state index contributed by atoms with van der Waals surface area (Å²) in [5, 5.41) is 16.8. The van der Waals surface area contributed by atoms with E-state index in [1.54, 1.807) is 19.2 Å². The van der Waals surface area contributed by atoms with Crippen LogP contribution in [0.1, 0.15) is 32.0 Å². The number of hydrogen-bond acceptors (Lipinski definition) is 6. The number of aromatic nitrogens is 1. The van der Waals surface area contributed by atoms with E-state index < -0.39 is 41.3 Å². The van der Waals surface area contributed by atoms with Gasteiger partial charge in [-0.05, 0) is 38.5 Å². The highest BCUT2D eigenvalue weighted by Gasteiger charge is 2.49. The number of thiazole rings is 1. The van der Waals surface area contributed by atoms with Crippen LogP contribution in [0.25, 0.3) is 0 Å². The van der Waals surface area contributed by atoms with Gasteiger partial charge in [-0.15, -0.1) is 11.3 Å². The van der Waals surface area contributed by atoms with Gasteiger partial charge in [-0.2, -0.15) is 0 Å². The number of aliphatic hydroxyl groups is 1. The van der Waals surface area contributed by atoms with E-state index >= 15 is 0 Å². The van der Waals surface area contributed by atoms with E-state index in [0.29, 0.717) is 11.3 Å². The number of benzene rings is 1. The number of urea groups is 1. The standard InChI is InChI=1S/C18H19FN4O4S/c1-17(2,27)12-9-28-15(20-12)21-13(24)8-23-14(25)18(3,22-16(23)26)10-4-6-11(19)7-5-10/h4-7,9,27H,8H2,1-3H3,(H,22,26)(H,20,21,24). The van der Waals surface area contributed by atoms with Gasteiger partial charge >= 0.3 is 6.03 Å². The van der Waals surface area contributed by atoms with Crippen LogP contribution in [0.15, 0.2) is 29.6 Å². The number of carbonyl (C=O) groups is 3. The molecule has 10 heteroatoms. The van der Waals surface area contributed by atoms with Crippen LogP contribution in [-0.2, 0) is 20.7 Å². The number of carbonyl (C=O) groups excluding carboxylic acids is 3. The molecule has 0 saturated carbocycles. The molecule has 3 rings (SSSR count). The van der Waals surface area contributed by atoms with Gasteiger partial charge in [0.1, 0.15) is 23.5 Å². The topological polar surface area (TPSA) is 112 Å². The number of imide groups is 1. The van der Waals surface area contributed by atoms with Crippen molar-refractivity contribution in [2.45, 2.75) is 31.9 Å². The van der Waals surface area contributed by atoms with Crippen molar-refractivity contribution in [3.05, 3.63) is 46.7 Å². The van der Waals surface area contributed by atoms with Gasteiger partial charge in [-0.25, -0.2) is 14.2 Å². The fraction of sp³-hybridized carbons (Fsp3) is 0.333. The molecule has 1 aromatic carbocycles. The number of hydrogen-bond donors (Lipinski definition) is 3. The lowest BCUT2D eigenvalue weighted by molar-refractivity contribution is -0.133. The number of nitrogens with zero attached hydrogens (tertiary/aromatic N) is 2. The molecule has 0 bridgehead atoms. The lowest BCUT2D eigenvalue weighted by atomic mass is 9.92. The van der Waals surface area contributed by atoms with Gasteiger partial charge in [0.15, 0.2) is 5.13 Å². The number of anilines is 1. The van der Waals surface area contributed by atoms with Crippen LogP contribution in [0, 0.1) is 5.82 Å². The summed E-state index contributed by atoms with van der Waals surface area (Å²) in [6.07, 6.45) is 0. The third-order valence-electron chi connectivity index (χ3n) is 4.38. The van der Waals surface area contributed by atoms with Gasteiger partial charge in [-0.1, -0.05) is 12.1 Å². The third kappa shape index (κ3) is 3.73. The molecule has 148 valence electrons. The molecular weight excluding hydrogens is 387 g/mol. The Hall–Kier alpha value is -2.85. The van der Waals surface area contributed by atoms with E-state index in [1.165, 1.54) is 31.2 Å². The summed E-state index contributed by atoms with van der Waals surface area (Å²) in [4.78, 5) is 42.2. The summed E-state index contributed by atoms with van der Waals surface area (Å²) < 4.78 is 13.1. The maximum absolute atomic E-state index is 13.1. The predicted octanol–water partition coefficient (Wildman–Crippen LogP) is 1.92. The molecule has 4 amide bonds. The van der Waals surface area contributed by atoms with E-state index in [1.807, 2.05) is 0 Å². The lowest BCUT2D eigenvalue weighted by Gasteiger charge is -2.22. The van der Waals surface area contributed by atoms with Crippen molar-refractivity contribution in [2.24, 2.45) is 0 Å². The van der Waals surface area contributed by atoms with E-state index in [0.717, 1.165) is 16.2 Å². The zero-order valence-corrected chi connectivity index (χ0v) is 16.3. The normalized spacial score (nSPS) is 19.7. The van der Waals surface area contributed by atoms with Crippen molar-refractivity contribution in [2.75, 3.05) is 11.9 Å². The van der Waals surface area contributed by atoms with Crippen molar-refractivity contribution in [3.63, 3.8) is 0 Å². The number of amides is 4. The average molecular weight is 406 g/mol. The van der Waals surface area contributed by atoms with Crippen LogP contribution >= 0.6 is 11.3 Å². The summed E-state index contributed by atoms with van der Waals surface area (Å²) in [6.45, 7) is 4.13. The monoisotopic (exact) mass is 406 g/mol. The molecule has 1 aliphatic rings. The summed E-state index contributed by atoms with van der Waals surface area (Å²) in [7, 11) is 0. The van der Waals surface area contributed by atoms with E-state index in [2.05, 4.69) is 15.6 Å². The average Bonchev–Trinajstić information content (AvgIpc) is 3.15. The molecule has 1 saturated heterocycles. The first-order valence-electron chi connectivity index (χ1n) is 8.39. The van der Waals surface area contributed by atoms with Crippen LogP contribution in [-0.4, -0.2) is 39.4 Å². The van der Waals surface area contributed by atoms with Gasteiger partial charge in [-0.3, -0.25) is 14.5 Å². The fourth-order valence-corrected chi connectivity index (χ4v) is 3.62. The quantitative estimate of drug-likeness (QED) is 0.657. The first-order chi connectivity index (χ1) is 13.0. The fourth-order valence-electron chi connectivity index (χ4n) is 2.73. The summed E-state index contributed by atoms with van der Waals surface area (Å²) >= 11 is 1.12. The van der Waals surface area contributed by atoms with E-state index in [4.69, 9.17) is 0 Å². The third-order valence-corrected chi connectivity index (χ3v) is 5.13. The second kappa shape index (κ2) is 6.95. The first kappa shape index (κ1) is 19.9. The zero-order valence-electron chi connectivity index (χ0n) is 15.4. The molecule has 1 unspecified atom stereocenters. The molecule has 3 N–H and O–H groups in total. The minimum atomic E-state index is -1.39.